The molecule has 2 aromatic rings. The number of aryl methyl sites for hydroxylation is 1. The number of nitrogens with zero attached hydrogens (tertiary/aromatic N) is 1. The predicted octanol–water partition coefficient (Wildman–Crippen LogP) is 1.24. The SMILES string of the molecule is COCCOC(=O)c1c(C)n(S(C)(=O)=O)c2cc(C)c(NS(C)(=O)=O)cc12. The van der Waals surface area contributed by atoms with Crippen LogP contribution in [0, 0.1) is 13.8 Å². The van der Waals surface area contributed by atoms with Crippen LogP contribution in [-0.2, 0) is 29.5 Å². The van der Waals surface area contributed by atoms with Gasteiger partial charge >= 0.3 is 5.97 Å². The van der Waals surface area contributed by atoms with Crippen molar-refractivity contribution in [3.05, 3.63) is 29.0 Å². The van der Waals surface area contributed by atoms with Crippen LogP contribution in [-0.4, -0.2) is 59.6 Å². The largest absolute Gasteiger partial charge is 0.460 e. The van der Waals surface area contributed by atoms with Crippen LogP contribution in [0.5, 0.6) is 0 Å². The Morgan fingerprint density at radius 3 is 2.26 bits per heavy atom. The Kier molecular flexibility index (Phi) is 5.88. The van der Waals surface area contributed by atoms with Crippen LogP contribution in [0.3, 0.4) is 0 Å². The van der Waals surface area contributed by atoms with E-state index in [9.17, 15) is 21.6 Å². The summed E-state index contributed by atoms with van der Waals surface area (Å²) in [4.78, 5) is 12.6. The standard InChI is InChI=1S/C16H22N2O7S2/c1-10-8-14-12(9-13(10)17-26(4,20)21)15(16(19)25-7-6-24-3)11(2)18(14)27(5,22)23/h8-9,17H,6-7H2,1-5H3. The summed E-state index contributed by atoms with van der Waals surface area (Å²) in [6, 6.07) is 2.95. The van der Waals surface area contributed by atoms with Gasteiger partial charge in [-0.3, -0.25) is 4.72 Å². The van der Waals surface area contributed by atoms with Crippen LogP contribution >= 0.6 is 0 Å². The summed E-state index contributed by atoms with van der Waals surface area (Å²) in [6.45, 7) is 3.32. The summed E-state index contributed by atoms with van der Waals surface area (Å²) in [7, 11) is -5.82. The molecule has 1 aromatic heterocycles. The first kappa shape index (κ1) is 21.2. The van der Waals surface area contributed by atoms with Crippen LogP contribution in [0.25, 0.3) is 10.9 Å². The van der Waals surface area contributed by atoms with Crippen molar-refractivity contribution < 1.29 is 31.1 Å². The van der Waals surface area contributed by atoms with E-state index in [-0.39, 0.29) is 41.1 Å². The highest BCUT2D eigenvalue weighted by Crippen LogP contribution is 2.32. The third kappa shape index (κ3) is 4.60. The van der Waals surface area contributed by atoms with Gasteiger partial charge in [-0.2, -0.15) is 0 Å². The molecule has 0 spiro atoms. The first-order chi connectivity index (χ1) is 12.4. The van der Waals surface area contributed by atoms with E-state index >= 15 is 0 Å². The number of fused-ring (bicyclic) bond motifs is 1. The third-order valence-corrected chi connectivity index (χ3v) is 5.57. The van der Waals surface area contributed by atoms with E-state index in [0.717, 1.165) is 16.5 Å². The van der Waals surface area contributed by atoms with Crippen molar-refractivity contribution in [2.45, 2.75) is 13.8 Å². The van der Waals surface area contributed by atoms with Gasteiger partial charge in [-0.25, -0.2) is 25.6 Å². The molecular formula is C16H22N2O7S2. The Bertz CT molecular complexity index is 1100. The van der Waals surface area contributed by atoms with Gasteiger partial charge in [0.2, 0.25) is 20.0 Å². The van der Waals surface area contributed by atoms with Crippen LogP contribution in [0.15, 0.2) is 12.1 Å². The molecule has 0 amide bonds. The van der Waals surface area contributed by atoms with Gasteiger partial charge in [-0.05, 0) is 31.5 Å². The average Bonchev–Trinajstić information content (AvgIpc) is 2.77. The van der Waals surface area contributed by atoms with E-state index in [0.29, 0.717) is 5.56 Å². The van der Waals surface area contributed by atoms with Crippen LogP contribution in [0.1, 0.15) is 21.6 Å². The molecule has 0 aliphatic heterocycles. The van der Waals surface area contributed by atoms with Gasteiger partial charge in [0.15, 0.2) is 0 Å². The Morgan fingerprint density at radius 2 is 1.74 bits per heavy atom. The number of nitrogens with one attached hydrogen (secondary N) is 1. The number of sulfonamides is 1. The predicted molar refractivity (Wildman–Crippen MR) is 102 cm³/mol. The maximum absolute atomic E-state index is 12.6. The number of methoxy groups -OCH3 is 1. The molecule has 0 saturated heterocycles. The first-order valence-corrected chi connectivity index (χ1v) is 11.6. The van der Waals surface area contributed by atoms with Crippen LogP contribution in [0.4, 0.5) is 5.69 Å². The summed E-state index contributed by atoms with van der Waals surface area (Å²) in [5, 5.41) is 0.275. The van der Waals surface area contributed by atoms with Gasteiger partial charge in [-0.1, -0.05) is 0 Å². The van der Waals surface area contributed by atoms with E-state index in [1.807, 2.05) is 0 Å². The fourth-order valence-electron chi connectivity index (χ4n) is 2.82. The molecule has 27 heavy (non-hydrogen) atoms. The second-order valence-corrected chi connectivity index (χ2v) is 9.75. The fraction of sp³-hybridized carbons (Fsp3) is 0.438. The normalized spacial score (nSPS) is 12.3. The molecular weight excluding hydrogens is 396 g/mol. The van der Waals surface area contributed by atoms with E-state index in [1.54, 1.807) is 6.92 Å². The fourth-order valence-corrected chi connectivity index (χ4v) is 4.54. The van der Waals surface area contributed by atoms with Crippen molar-refractivity contribution in [3.8, 4) is 0 Å². The minimum absolute atomic E-state index is 0.000624. The van der Waals surface area contributed by atoms with E-state index in [4.69, 9.17) is 9.47 Å². The molecule has 0 atom stereocenters. The molecule has 0 bridgehead atoms. The maximum Gasteiger partial charge on any atom is 0.340 e. The Hall–Kier alpha value is -2.11. The monoisotopic (exact) mass is 418 g/mol. The first-order valence-electron chi connectivity index (χ1n) is 7.87. The zero-order valence-corrected chi connectivity index (χ0v) is 17.3. The molecule has 11 heteroatoms. The van der Waals surface area contributed by atoms with Crippen molar-refractivity contribution in [1.29, 1.82) is 0 Å². The zero-order chi connectivity index (χ0) is 20.6. The molecule has 0 fully saturated rings. The highest BCUT2D eigenvalue weighted by Gasteiger charge is 2.26. The molecule has 1 heterocycles. The topological polar surface area (TPSA) is 121 Å². The number of ether oxygens (including phenoxy) is 2. The maximum atomic E-state index is 12.6. The number of rotatable bonds is 7. The van der Waals surface area contributed by atoms with Gasteiger partial charge in [0, 0.05) is 18.2 Å². The number of hydrogen-bond acceptors (Lipinski definition) is 7. The highest BCUT2D eigenvalue weighted by molar-refractivity contribution is 7.92. The van der Waals surface area contributed by atoms with Crippen LogP contribution < -0.4 is 4.72 Å². The molecule has 0 saturated carbocycles. The number of carbonyl (C=O) groups excluding carboxylic acids is 1. The number of anilines is 1. The number of aromatic nitrogens is 1. The van der Waals surface area contributed by atoms with Crippen LogP contribution in [0.2, 0.25) is 0 Å². The Morgan fingerprint density at radius 1 is 1.11 bits per heavy atom. The van der Waals surface area contributed by atoms with Crippen molar-refractivity contribution in [2.24, 2.45) is 0 Å². The van der Waals surface area contributed by atoms with Gasteiger partial charge in [0.1, 0.15) is 6.61 Å². The summed E-state index contributed by atoms with van der Waals surface area (Å²) >= 11 is 0. The summed E-state index contributed by atoms with van der Waals surface area (Å²) in [6.07, 6.45) is 2.03. The summed E-state index contributed by atoms with van der Waals surface area (Å²) < 4.78 is 61.1. The minimum Gasteiger partial charge on any atom is -0.460 e. The van der Waals surface area contributed by atoms with Gasteiger partial charge < -0.3 is 9.47 Å². The van der Waals surface area contributed by atoms with E-state index in [2.05, 4.69) is 4.72 Å². The van der Waals surface area contributed by atoms with Crippen molar-refractivity contribution >= 4 is 42.6 Å². The van der Waals surface area contributed by atoms with E-state index in [1.165, 1.54) is 26.2 Å². The van der Waals surface area contributed by atoms with E-state index < -0.39 is 26.0 Å². The zero-order valence-electron chi connectivity index (χ0n) is 15.7. The lowest BCUT2D eigenvalue weighted by molar-refractivity contribution is 0.0389. The molecule has 0 unspecified atom stereocenters. The minimum atomic E-state index is -3.72. The molecule has 0 aliphatic carbocycles. The molecule has 1 N–H and O–H groups in total. The average molecular weight is 418 g/mol. The smallest absolute Gasteiger partial charge is 0.340 e. The van der Waals surface area contributed by atoms with Gasteiger partial charge in [-0.15, -0.1) is 0 Å². The second-order valence-electron chi connectivity index (χ2n) is 6.18. The number of benzene rings is 1. The molecule has 9 nitrogen and oxygen atoms in total. The number of carbonyl (C=O) groups is 1. The van der Waals surface area contributed by atoms with Gasteiger partial charge in [0.05, 0.1) is 35.9 Å². The van der Waals surface area contributed by atoms with Crippen molar-refractivity contribution in [1.82, 2.24) is 3.97 Å². The molecule has 1 aromatic carbocycles. The lowest BCUT2D eigenvalue weighted by Crippen LogP contribution is -2.14. The molecule has 2 rings (SSSR count). The Balaban J connectivity index is 2.77. The summed E-state index contributed by atoms with van der Waals surface area (Å²) in [5.41, 5.74) is 1.27. The van der Waals surface area contributed by atoms with Gasteiger partial charge in [0.25, 0.3) is 0 Å². The third-order valence-electron chi connectivity index (χ3n) is 3.85. The lowest BCUT2D eigenvalue weighted by atomic mass is 10.1. The second kappa shape index (κ2) is 7.49. The molecule has 0 radical (unpaired) electrons. The number of hydrogen-bond donors (Lipinski definition) is 1. The summed E-state index contributed by atoms with van der Waals surface area (Å²) in [5.74, 6) is -0.717. The van der Waals surface area contributed by atoms with Crippen molar-refractivity contribution in [3.63, 3.8) is 0 Å². The Labute approximate surface area is 158 Å². The highest BCUT2D eigenvalue weighted by atomic mass is 32.2. The lowest BCUT2D eigenvalue weighted by Gasteiger charge is -2.10. The number of esters is 1. The van der Waals surface area contributed by atoms with Crippen molar-refractivity contribution in [2.75, 3.05) is 37.6 Å². The molecule has 0 aliphatic rings. The molecule has 150 valence electrons. The quantitative estimate of drug-likeness (QED) is 0.530.